The molecule has 1 N–H and O–H groups in total. The number of likely N-dealkylation sites (tertiary alicyclic amines) is 1. The highest BCUT2D eigenvalue weighted by Crippen LogP contribution is 2.45. The molecule has 2 aliphatic carbocycles. The molecular weight excluding hydrogens is 498 g/mol. The first kappa shape index (κ1) is 24.0. The maximum atomic E-state index is 15.0. The van der Waals surface area contributed by atoms with Crippen LogP contribution in [0.2, 0.25) is 10.0 Å². The smallest absolute Gasteiger partial charge is 0.265 e. The summed E-state index contributed by atoms with van der Waals surface area (Å²) in [6.07, 6.45) is 5.40. The van der Waals surface area contributed by atoms with Crippen LogP contribution < -0.4 is 9.46 Å². The minimum atomic E-state index is -1.46. The minimum Gasteiger partial charge on any atom is -0.489 e. The predicted octanol–water partition coefficient (Wildman–Crippen LogP) is 5.61. The lowest BCUT2D eigenvalue weighted by Crippen LogP contribution is -2.40. The van der Waals surface area contributed by atoms with Crippen LogP contribution in [-0.4, -0.2) is 39.5 Å². The minimum absolute atomic E-state index is 0.00490. The molecule has 1 heterocycles. The second-order valence-electron chi connectivity index (χ2n) is 9.47. The summed E-state index contributed by atoms with van der Waals surface area (Å²) < 4.78 is 35.8. The Bertz CT molecular complexity index is 1100. The van der Waals surface area contributed by atoms with E-state index < -0.39 is 22.7 Å². The van der Waals surface area contributed by atoms with Crippen molar-refractivity contribution in [3.8, 4) is 5.75 Å². The van der Waals surface area contributed by atoms with Crippen LogP contribution in [0.25, 0.3) is 0 Å². The number of rotatable bonds is 8. The van der Waals surface area contributed by atoms with Gasteiger partial charge in [-0.1, -0.05) is 23.2 Å². The lowest BCUT2D eigenvalue weighted by molar-refractivity contribution is 0.0832. The van der Waals surface area contributed by atoms with Crippen LogP contribution in [0.15, 0.2) is 30.3 Å². The molecule has 0 aromatic heterocycles. The quantitative estimate of drug-likeness (QED) is 0.487. The van der Waals surface area contributed by atoms with Gasteiger partial charge in [-0.25, -0.2) is 8.60 Å². The van der Waals surface area contributed by atoms with Gasteiger partial charge in [-0.05, 0) is 86.4 Å². The molecule has 0 radical (unpaired) electrons. The molecule has 3 fully saturated rings. The fourth-order valence-corrected chi connectivity index (χ4v) is 6.06. The zero-order valence-electron chi connectivity index (χ0n) is 18.7. The molecule has 1 aliphatic heterocycles. The van der Waals surface area contributed by atoms with Gasteiger partial charge in [0.1, 0.15) is 28.7 Å². The Morgan fingerprint density at radius 2 is 1.82 bits per heavy atom. The summed E-state index contributed by atoms with van der Waals surface area (Å²) in [7, 11) is -1.46. The second-order valence-corrected chi connectivity index (χ2v) is 11.8. The van der Waals surface area contributed by atoms with E-state index in [0.29, 0.717) is 28.9 Å². The third-order valence-electron chi connectivity index (χ3n) is 6.47. The molecule has 1 amide bonds. The van der Waals surface area contributed by atoms with E-state index >= 15 is 0 Å². The molecule has 0 bridgehead atoms. The van der Waals surface area contributed by atoms with E-state index in [9.17, 15) is 13.4 Å². The average Bonchev–Trinajstić information content (AvgIpc) is 3.67. The molecule has 2 unspecified atom stereocenters. The van der Waals surface area contributed by atoms with Gasteiger partial charge in [0.2, 0.25) is 0 Å². The molecule has 2 aromatic carbocycles. The van der Waals surface area contributed by atoms with Gasteiger partial charge in [0, 0.05) is 29.2 Å². The highest BCUT2D eigenvalue weighted by atomic mass is 35.5. The number of carbonyl (C=O) groups is 1. The summed E-state index contributed by atoms with van der Waals surface area (Å²) in [6.45, 7) is 2.35. The third-order valence-corrected chi connectivity index (χ3v) is 8.37. The molecule has 3 aliphatic rings. The van der Waals surface area contributed by atoms with Crippen molar-refractivity contribution in [3.63, 3.8) is 0 Å². The van der Waals surface area contributed by atoms with Crippen molar-refractivity contribution in [2.24, 2.45) is 0 Å². The van der Waals surface area contributed by atoms with Gasteiger partial charge >= 0.3 is 0 Å². The molecule has 2 aromatic rings. The van der Waals surface area contributed by atoms with Gasteiger partial charge in [0.15, 0.2) is 0 Å². The van der Waals surface area contributed by atoms with Crippen LogP contribution in [0.4, 0.5) is 4.39 Å². The molecule has 2 atom stereocenters. The first-order valence-electron chi connectivity index (χ1n) is 11.7. The molecule has 182 valence electrons. The summed E-state index contributed by atoms with van der Waals surface area (Å²) in [4.78, 5) is 14.8. The van der Waals surface area contributed by atoms with E-state index in [1.165, 1.54) is 6.07 Å². The number of nitrogens with one attached hydrogen (secondary N) is 1. The van der Waals surface area contributed by atoms with Crippen molar-refractivity contribution in [3.05, 3.63) is 62.9 Å². The normalized spacial score (nSPS) is 21.8. The van der Waals surface area contributed by atoms with Crippen LogP contribution >= 0.6 is 23.2 Å². The van der Waals surface area contributed by atoms with Crippen LogP contribution in [0.3, 0.4) is 0 Å². The fourth-order valence-electron chi connectivity index (χ4n) is 4.47. The van der Waals surface area contributed by atoms with Crippen LogP contribution in [0.5, 0.6) is 5.75 Å². The Morgan fingerprint density at radius 3 is 2.50 bits per heavy atom. The van der Waals surface area contributed by atoms with Gasteiger partial charge in [0.25, 0.3) is 5.91 Å². The van der Waals surface area contributed by atoms with E-state index in [1.807, 2.05) is 12.1 Å². The number of piperidine rings is 1. The Labute approximate surface area is 211 Å². The van der Waals surface area contributed by atoms with Crippen molar-refractivity contribution in [2.75, 3.05) is 13.1 Å². The number of hydrogen-bond acceptors (Lipinski definition) is 4. The Kier molecular flexibility index (Phi) is 7.17. The van der Waals surface area contributed by atoms with E-state index in [0.717, 1.165) is 56.2 Å². The average molecular weight is 525 g/mol. The number of halogens is 3. The Hall–Kier alpha value is -1.67. The largest absolute Gasteiger partial charge is 0.489 e. The second kappa shape index (κ2) is 10.1. The summed E-state index contributed by atoms with van der Waals surface area (Å²) in [6, 6.07) is 8.47. The van der Waals surface area contributed by atoms with Crippen molar-refractivity contribution >= 4 is 40.1 Å². The van der Waals surface area contributed by atoms with Gasteiger partial charge < -0.3 is 4.74 Å². The lowest BCUT2D eigenvalue weighted by atomic mass is 10.0. The zero-order chi connectivity index (χ0) is 23.8. The van der Waals surface area contributed by atoms with Gasteiger partial charge in [-0.2, -0.15) is 0 Å². The van der Waals surface area contributed by atoms with Gasteiger partial charge in [-0.15, -0.1) is 0 Å². The number of nitrogens with zero attached hydrogens (tertiary/aromatic N) is 1. The summed E-state index contributed by atoms with van der Waals surface area (Å²) in [5.41, 5.74) is 1.84. The van der Waals surface area contributed by atoms with E-state index in [1.54, 1.807) is 12.1 Å². The number of benzene rings is 2. The third kappa shape index (κ3) is 5.93. The molecule has 34 heavy (non-hydrogen) atoms. The van der Waals surface area contributed by atoms with Gasteiger partial charge in [-0.3, -0.25) is 14.4 Å². The topological polar surface area (TPSA) is 58.6 Å². The number of hydrogen-bond donors (Lipinski definition) is 1. The molecule has 5 nitrogen and oxygen atoms in total. The molecular formula is C25H27Cl2FN2O3S. The summed E-state index contributed by atoms with van der Waals surface area (Å²) >= 11 is 12.3. The van der Waals surface area contributed by atoms with Gasteiger partial charge in [0.05, 0.1) is 10.8 Å². The van der Waals surface area contributed by atoms with E-state index in [-0.39, 0.29) is 22.8 Å². The van der Waals surface area contributed by atoms with Crippen molar-refractivity contribution in [1.29, 1.82) is 0 Å². The molecule has 1 saturated heterocycles. The van der Waals surface area contributed by atoms with Crippen LogP contribution in [0, 0.1) is 5.82 Å². The first-order chi connectivity index (χ1) is 16.4. The zero-order valence-corrected chi connectivity index (χ0v) is 21.0. The highest BCUT2D eigenvalue weighted by Gasteiger charge is 2.33. The maximum Gasteiger partial charge on any atom is 0.265 e. The van der Waals surface area contributed by atoms with Crippen molar-refractivity contribution < 1.29 is 18.1 Å². The molecule has 5 rings (SSSR count). The van der Waals surface area contributed by atoms with Crippen LogP contribution in [-0.2, 0) is 17.5 Å². The standard InChI is InChI=1S/C25H27Cl2FN2O3S/c26-17-8-15(9-18(27)10-17)13-30-7-1-2-19(14-30)33-24-12-23(28)22(11-21(24)16-3-4-16)25(31)29-34(32)20-5-6-20/h8-12,16,19-20H,1-7,13-14H2,(H,29,31). The van der Waals surface area contributed by atoms with Crippen LogP contribution in [0.1, 0.15) is 65.9 Å². The Morgan fingerprint density at radius 1 is 1.09 bits per heavy atom. The predicted molar refractivity (Wildman–Crippen MR) is 132 cm³/mol. The van der Waals surface area contributed by atoms with E-state index in [2.05, 4.69) is 9.62 Å². The van der Waals surface area contributed by atoms with Crippen molar-refractivity contribution in [2.45, 2.75) is 62.3 Å². The first-order valence-corrected chi connectivity index (χ1v) is 13.7. The van der Waals surface area contributed by atoms with Crippen molar-refractivity contribution in [1.82, 2.24) is 9.62 Å². The number of carbonyl (C=O) groups excluding carboxylic acids is 1. The van der Waals surface area contributed by atoms with E-state index in [4.69, 9.17) is 27.9 Å². The molecule has 9 heteroatoms. The number of amides is 1. The number of ether oxygens (including phenoxy) is 1. The molecule has 2 saturated carbocycles. The SMILES string of the molecule is O=C(NS(=O)C1CC1)c1cc(C2CC2)c(OC2CCCN(Cc3cc(Cl)cc(Cl)c3)C2)cc1F. The monoisotopic (exact) mass is 524 g/mol. The summed E-state index contributed by atoms with van der Waals surface area (Å²) in [5.74, 6) is -0.493. The maximum absolute atomic E-state index is 15.0. The summed E-state index contributed by atoms with van der Waals surface area (Å²) in [5, 5.41) is 1.22. The fraction of sp³-hybridized carbons (Fsp3) is 0.480. The molecule has 0 spiro atoms. The lowest BCUT2D eigenvalue weighted by Gasteiger charge is -2.33. The Balaban J connectivity index is 1.28. The highest BCUT2D eigenvalue weighted by molar-refractivity contribution is 7.84.